The molecule has 0 aliphatic heterocycles. The van der Waals surface area contributed by atoms with Gasteiger partial charge in [0, 0.05) is 25.9 Å². The molecule has 0 bridgehead atoms. The molecule has 0 aromatic carbocycles. The number of nitrogens with zero attached hydrogens (tertiary/aromatic N) is 4. The number of anilines is 1. The summed E-state index contributed by atoms with van der Waals surface area (Å²) in [4.78, 5) is 9.07. The van der Waals surface area contributed by atoms with Gasteiger partial charge in [-0.05, 0) is 13.3 Å². The third kappa shape index (κ3) is 2.38. The van der Waals surface area contributed by atoms with Gasteiger partial charge in [0.1, 0.15) is 11.4 Å². The molecule has 0 aliphatic rings. The molecule has 2 aromatic rings. The number of ether oxygens (including phenoxy) is 1. The Bertz CT molecular complexity index is 569. The van der Waals surface area contributed by atoms with E-state index in [-0.39, 0.29) is 0 Å². The van der Waals surface area contributed by atoms with Gasteiger partial charge >= 0.3 is 0 Å². The number of hydrogen-bond donors (Lipinski definition) is 1. The average Bonchev–Trinajstić information content (AvgIpc) is 2.71. The van der Waals surface area contributed by atoms with Crippen LogP contribution in [0.15, 0.2) is 6.07 Å². The Morgan fingerprint density at radius 3 is 2.68 bits per heavy atom. The molecule has 0 amide bonds. The van der Waals surface area contributed by atoms with Crippen molar-refractivity contribution in [3.05, 3.63) is 17.5 Å². The minimum Gasteiger partial charge on any atom is -0.481 e. The maximum Gasteiger partial charge on any atom is 0.222 e. The van der Waals surface area contributed by atoms with Crippen LogP contribution >= 0.6 is 0 Å². The van der Waals surface area contributed by atoms with Crippen LogP contribution in [0, 0.1) is 6.92 Å². The Hall–Kier alpha value is -2.11. The molecule has 0 radical (unpaired) electrons. The number of methoxy groups -OCH3 is 1. The van der Waals surface area contributed by atoms with Crippen molar-refractivity contribution in [3.8, 4) is 17.3 Å². The number of nitrogens with one attached hydrogen (secondary N) is 1. The summed E-state index contributed by atoms with van der Waals surface area (Å²) in [5, 5.41) is 7.42. The highest BCUT2D eigenvalue weighted by molar-refractivity contribution is 5.66. The van der Waals surface area contributed by atoms with E-state index < -0.39 is 0 Å². The Balaban J connectivity index is 2.64. The van der Waals surface area contributed by atoms with Crippen LogP contribution in [0.2, 0.25) is 0 Å². The van der Waals surface area contributed by atoms with Gasteiger partial charge in [-0.1, -0.05) is 6.92 Å². The van der Waals surface area contributed by atoms with Gasteiger partial charge in [0.25, 0.3) is 0 Å². The lowest BCUT2D eigenvalue weighted by atomic mass is 10.2. The molecular weight excluding hydrogens is 242 g/mol. The first-order valence-electron chi connectivity index (χ1n) is 6.24. The van der Waals surface area contributed by atoms with Crippen molar-refractivity contribution in [3.63, 3.8) is 0 Å². The van der Waals surface area contributed by atoms with Crippen LogP contribution in [-0.2, 0) is 13.5 Å². The van der Waals surface area contributed by atoms with E-state index in [9.17, 15) is 0 Å². The van der Waals surface area contributed by atoms with E-state index in [4.69, 9.17) is 4.74 Å². The van der Waals surface area contributed by atoms with Crippen molar-refractivity contribution in [1.82, 2.24) is 19.7 Å². The zero-order valence-corrected chi connectivity index (χ0v) is 12.0. The molecular formula is C13H19N5O. The number of aromatic nitrogens is 4. The molecule has 6 heteroatoms. The van der Waals surface area contributed by atoms with Gasteiger partial charge in [-0.3, -0.25) is 0 Å². The van der Waals surface area contributed by atoms with Gasteiger partial charge in [0.15, 0.2) is 5.82 Å². The molecule has 0 saturated heterocycles. The fraction of sp³-hybridized carbons (Fsp3) is 0.462. The third-order valence-corrected chi connectivity index (χ3v) is 2.98. The van der Waals surface area contributed by atoms with Gasteiger partial charge in [0.05, 0.1) is 12.8 Å². The lowest BCUT2D eigenvalue weighted by Gasteiger charge is -2.08. The summed E-state index contributed by atoms with van der Waals surface area (Å²) < 4.78 is 7.10. The van der Waals surface area contributed by atoms with Crippen molar-refractivity contribution in [2.75, 3.05) is 19.5 Å². The van der Waals surface area contributed by atoms with Gasteiger partial charge < -0.3 is 10.1 Å². The van der Waals surface area contributed by atoms with E-state index in [1.54, 1.807) is 11.8 Å². The van der Waals surface area contributed by atoms with E-state index in [2.05, 4.69) is 27.3 Å². The van der Waals surface area contributed by atoms with Crippen LogP contribution in [0.3, 0.4) is 0 Å². The molecule has 2 heterocycles. The smallest absolute Gasteiger partial charge is 0.222 e. The molecule has 19 heavy (non-hydrogen) atoms. The first-order valence-corrected chi connectivity index (χ1v) is 6.24. The maximum atomic E-state index is 5.40. The summed E-state index contributed by atoms with van der Waals surface area (Å²) in [6.45, 7) is 4.00. The number of hydrogen-bond acceptors (Lipinski definition) is 5. The maximum absolute atomic E-state index is 5.40. The Labute approximate surface area is 112 Å². The molecule has 2 aromatic heterocycles. The summed E-state index contributed by atoms with van der Waals surface area (Å²) in [5.41, 5.74) is 2.69. The predicted octanol–water partition coefficient (Wildman–Crippen LogP) is 1.80. The highest BCUT2D eigenvalue weighted by Gasteiger charge is 2.19. The predicted molar refractivity (Wildman–Crippen MR) is 74.4 cm³/mol. The van der Waals surface area contributed by atoms with E-state index in [0.29, 0.717) is 11.7 Å². The van der Waals surface area contributed by atoms with E-state index in [1.165, 1.54) is 0 Å². The van der Waals surface area contributed by atoms with Crippen LogP contribution in [0.25, 0.3) is 11.4 Å². The van der Waals surface area contributed by atoms with Crippen LogP contribution in [0.1, 0.15) is 18.3 Å². The van der Waals surface area contributed by atoms with Crippen molar-refractivity contribution in [2.45, 2.75) is 20.3 Å². The van der Waals surface area contributed by atoms with E-state index in [0.717, 1.165) is 29.2 Å². The van der Waals surface area contributed by atoms with Crippen molar-refractivity contribution in [1.29, 1.82) is 0 Å². The number of rotatable bonds is 4. The fourth-order valence-corrected chi connectivity index (χ4v) is 2.05. The second-order valence-corrected chi connectivity index (χ2v) is 4.26. The highest BCUT2D eigenvalue weighted by Crippen LogP contribution is 2.31. The third-order valence-electron chi connectivity index (χ3n) is 2.98. The van der Waals surface area contributed by atoms with Crippen LogP contribution in [0.5, 0.6) is 5.88 Å². The second-order valence-electron chi connectivity index (χ2n) is 4.26. The zero-order valence-electron chi connectivity index (χ0n) is 12.0. The van der Waals surface area contributed by atoms with Gasteiger partial charge in [-0.25, -0.2) is 14.6 Å². The minimum absolute atomic E-state index is 0.645. The van der Waals surface area contributed by atoms with Crippen molar-refractivity contribution >= 4 is 5.82 Å². The molecule has 0 aliphatic carbocycles. The summed E-state index contributed by atoms with van der Waals surface area (Å²) in [6.07, 6.45) is 0.853. The molecule has 1 N–H and O–H groups in total. The molecule has 0 spiro atoms. The average molecular weight is 261 g/mol. The standard InChI is InChI=1S/C13H19N5O/c1-6-9-7-10(14-3)16-12(15-9)11-8(2)17-18(4)13(11)19-5/h7H,6H2,1-5H3,(H,14,15,16). The van der Waals surface area contributed by atoms with E-state index in [1.807, 2.05) is 27.1 Å². The monoisotopic (exact) mass is 261 g/mol. The quantitative estimate of drug-likeness (QED) is 0.909. The van der Waals surface area contributed by atoms with Crippen molar-refractivity contribution in [2.24, 2.45) is 7.05 Å². The Morgan fingerprint density at radius 1 is 1.37 bits per heavy atom. The Morgan fingerprint density at radius 2 is 2.11 bits per heavy atom. The lowest BCUT2D eigenvalue weighted by molar-refractivity contribution is 0.374. The summed E-state index contributed by atoms with van der Waals surface area (Å²) in [7, 11) is 5.32. The molecule has 6 nitrogen and oxygen atoms in total. The zero-order chi connectivity index (χ0) is 14.0. The SMILES string of the molecule is CCc1cc(NC)nc(-c2c(C)nn(C)c2OC)n1. The first-order chi connectivity index (χ1) is 9.10. The van der Waals surface area contributed by atoms with Gasteiger partial charge in [-0.15, -0.1) is 0 Å². The van der Waals surface area contributed by atoms with Crippen LogP contribution in [-0.4, -0.2) is 33.9 Å². The first kappa shape index (κ1) is 13.3. The topological polar surface area (TPSA) is 64.9 Å². The molecule has 0 fully saturated rings. The van der Waals surface area contributed by atoms with Crippen LogP contribution in [0.4, 0.5) is 5.82 Å². The molecule has 2 rings (SSSR count). The molecule has 0 saturated carbocycles. The highest BCUT2D eigenvalue weighted by atomic mass is 16.5. The largest absolute Gasteiger partial charge is 0.481 e. The summed E-state index contributed by atoms with van der Waals surface area (Å²) in [5.74, 6) is 2.12. The molecule has 102 valence electrons. The van der Waals surface area contributed by atoms with Gasteiger partial charge in [-0.2, -0.15) is 5.10 Å². The fourth-order valence-electron chi connectivity index (χ4n) is 2.05. The number of aryl methyl sites for hydroxylation is 3. The lowest BCUT2D eigenvalue weighted by Crippen LogP contribution is -2.02. The van der Waals surface area contributed by atoms with Crippen LogP contribution < -0.4 is 10.1 Å². The van der Waals surface area contributed by atoms with Gasteiger partial charge in [0.2, 0.25) is 5.88 Å². The minimum atomic E-state index is 0.645. The molecule has 0 unspecified atom stereocenters. The normalized spacial score (nSPS) is 10.6. The molecule has 0 atom stereocenters. The summed E-state index contributed by atoms with van der Waals surface area (Å²) in [6, 6.07) is 1.95. The van der Waals surface area contributed by atoms with Crippen molar-refractivity contribution < 1.29 is 4.74 Å². The Kier molecular flexibility index (Phi) is 3.69. The summed E-state index contributed by atoms with van der Waals surface area (Å²) >= 11 is 0. The second kappa shape index (κ2) is 5.26. The van der Waals surface area contributed by atoms with E-state index >= 15 is 0 Å².